The topological polar surface area (TPSA) is 116 Å². The van der Waals surface area contributed by atoms with Crippen LogP contribution in [0.25, 0.3) is 11.4 Å². The van der Waals surface area contributed by atoms with Gasteiger partial charge in [0.15, 0.2) is 0 Å². The minimum absolute atomic E-state index is 0.0633. The smallest absolute Gasteiger partial charge is 0.411 e. The number of ether oxygens (including phenoxy) is 2. The molecule has 0 spiro atoms. The fourth-order valence-electron chi connectivity index (χ4n) is 2.78. The van der Waals surface area contributed by atoms with Gasteiger partial charge in [0.05, 0.1) is 14.2 Å². The number of methoxy groups -OCH3 is 2. The highest BCUT2D eigenvalue weighted by molar-refractivity contribution is 5.84. The molecular formula is C22H24N4O5. The van der Waals surface area contributed by atoms with Gasteiger partial charge in [-0.05, 0) is 48.4 Å². The number of hydrogen-bond donors (Lipinski definition) is 2. The lowest BCUT2D eigenvalue weighted by Crippen LogP contribution is -2.22. The fraction of sp³-hybridized carbons (Fsp3) is 0.273. The fourth-order valence-corrected chi connectivity index (χ4v) is 2.78. The Morgan fingerprint density at radius 2 is 1.77 bits per heavy atom. The molecule has 9 heteroatoms. The lowest BCUT2D eigenvalue weighted by Gasteiger charge is -2.07. The van der Waals surface area contributed by atoms with E-state index in [1.807, 2.05) is 36.4 Å². The summed E-state index contributed by atoms with van der Waals surface area (Å²) in [7, 11) is 2.91. The molecule has 9 nitrogen and oxygen atoms in total. The van der Waals surface area contributed by atoms with E-state index in [2.05, 4.69) is 25.5 Å². The number of aromatic nitrogens is 2. The molecule has 0 unspecified atom stereocenters. The minimum atomic E-state index is -0.529. The van der Waals surface area contributed by atoms with E-state index in [4.69, 9.17) is 9.26 Å². The molecule has 2 N–H and O–H groups in total. The zero-order chi connectivity index (χ0) is 22.1. The quantitative estimate of drug-likeness (QED) is 0.539. The van der Waals surface area contributed by atoms with E-state index in [0.29, 0.717) is 43.2 Å². The number of anilines is 1. The second-order valence-electron chi connectivity index (χ2n) is 6.68. The third-order valence-electron chi connectivity index (χ3n) is 4.49. The van der Waals surface area contributed by atoms with Crippen molar-refractivity contribution in [3.05, 3.63) is 60.0 Å². The van der Waals surface area contributed by atoms with Crippen LogP contribution in [0.4, 0.5) is 10.5 Å². The van der Waals surface area contributed by atoms with Crippen LogP contribution in [0.1, 0.15) is 24.3 Å². The van der Waals surface area contributed by atoms with E-state index in [1.165, 1.54) is 7.11 Å². The van der Waals surface area contributed by atoms with Crippen molar-refractivity contribution in [2.24, 2.45) is 0 Å². The van der Waals surface area contributed by atoms with Crippen molar-refractivity contribution in [1.82, 2.24) is 15.5 Å². The summed E-state index contributed by atoms with van der Waals surface area (Å²) in [4.78, 5) is 27.6. The Balaban J connectivity index is 1.39. The molecule has 2 aromatic carbocycles. The molecule has 3 aromatic rings. The third-order valence-corrected chi connectivity index (χ3v) is 4.49. The molecule has 1 heterocycles. The van der Waals surface area contributed by atoms with Gasteiger partial charge in [0.25, 0.3) is 0 Å². The highest BCUT2D eigenvalue weighted by Gasteiger charge is 2.10. The van der Waals surface area contributed by atoms with E-state index in [0.717, 1.165) is 16.9 Å². The Hall–Kier alpha value is -3.88. The first-order valence-electron chi connectivity index (χ1n) is 9.75. The van der Waals surface area contributed by atoms with Crippen LogP contribution in [0.3, 0.4) is 0 Å². The van der Waals surface area contributed by atoms with E-state index >= 15 is 0 Å². The van der Waals surface area contributed by atoms with Gasteiger partial charge in [-0.3, -0.25) is 10.1 Å². The molecule has 31 heavy (non-hydrogen) atoms. The first-order chi connectivity index (χ1) is 15.1. The van der Waals surface area contributed by atoms with Gasteiger partial charge in [0.2, 0.25) is 17.6 Å². The average Bonchev–Trinajstić information content (AvgIpc) is 3.27. The molecule has 0 aliphatic heterocycles. The number of aryl methyl sites for hydroxylation is 1. The number of hydrogen-bond acceptors (Lipinski definition) is 7. The normalized spacial score (nSPS) is 10.4. The zero-order valence-corrected chi connectivity index (χ0v) is 17.4. The standard InChI is InChI=1S/C22H24N4O5/c1-29-18-12-8-16(9-13-18)21-25-20(31-26-21)5-3-4-19(27)23-14-15-6-10-17(11-7-15)24-22(28)30-2/h6-13H,3-5,14H2,1-2H3,(H,23,27)(H,24,28). The maximum atomic E-state index is 12.1. The molecule has 2 amide bonds. The van der Waals surface area contributed by atoms with Gasteiger partial charge in [-0.15, -0.1) is 0 Å². The molecule has 0 atom stereocenters. The Morgan fingerprint density at radius 3 is 2.45 bits per heavy atom. The Kier molecular flexibility index (Phi) is 7.58. The van der Waals surface area contributed by atoms with Crippen molar-refractivity contribution in [1.29, 1.82) is 0 Å². The summed E-state index contributed by atoms with van der Waals surface area (Å²) >= 11 is 0. The van der Waals surface area contributed by atoms with E-state index in [-0.39, 0.29) is 5.91 Å². The Labute approximate surface area is 179 Å². The predicted molar refractivity (Wildman–Crippen MR) is 114 cm³/mol. The number of benzene rings is 2. The van der Waals surface area contributed by atoms with Gasteiger partial charge < -0.3 is 19.3 Å². The van der Waals surface area contributed by atoms with Gasteiger partial charge in [0, 0.05) is 30.6 Å². The average molecular weight is 424 g/mol. The summed E-state index contributed by atoms with van der Waals surface area (Å²) in [5, 5.41) is 9.42. The first-order valence-corrected chi connectivity index (χ1v) is 9.75. The lowest BCUT2D eigenvalue weighted by molar-refractivity contribution is -0.121. The van der Waals surface area contributed by atoms with Crippen LogP contribution in [-0.4, -0.2) is 36.4 Å². The van der Waals surface area contributed by atoms with E-state index < -0.39 is 6.09 Å². The highest BCUT2D eigenvalue weighted by atomic mass is 16.5. The highest BCUT2D eigenvalue weighted by Crippen LogP contribution is 2.20. The SMILES string of the molecule is COC(=O)Nc1ccc(CNC(=O)CCCc2nc(-c3ccc(OC)cc3)no2)cc1. The largest absolute Gasteiger partial charge is 0.497 e. The number of amides is 2. The summed E-state index contributed by atoms with van der Waals surface area (Å²) < 4.78 is 14.9. The lowest BCUT2D eigenvalue weighted by atomic mass is 10.2. The minimum Gasteiger partial charge on any atom is -0.497 e. The molecule has 0 radical (unpaired) electrons. The summed E-state index contributed by atoms with van der Waals surface area (Å²) in [6.07, 6.45) is 0.934. The number of rotatable bonds is 9. The van der Waals surface area contributed by atoms with Crippen LogP contribution < -0.4 is 15.4 Å². The Morgan fingerprint density at radius 1 is 1.03 bits per heavy atom. The van der Waals surface area contributed by atoms with E-state index in [9.17, 15) is 9.59 Å². The number of nitrogens with zero attached hydrogens (tertiary/aromatic N) is 2. The van der Waals surface area contributed by atoms with Gasteiger partial charge in [-0.25, -0.2) is 4.79 Å². The third kappa shape index (κ3) is 6.56. The van der Waals surface area contributed by atoms with Crippen LogP contribution in [0.15, 0.2) is 53.1 Å². The molecule has 0 saturated carbocycles. The van der Waals surface area contributed by atoms with Gasteiger partial charge in [0.1, 0.15) is 5.75 Å². The molecular weight excluding hydrogens is 400 g/mol. The summed E-state index contributed by atoms with van der Waals surface area (Å²) in [6, 6.07) is 14.5. The van der Waals surface area contributed by atoms with Gasteiger partial charge in [-0.2, -0.15) is 4.98 Å². The molecule has 0 fully saturated rings. The number of carbonyl (C=O) groups excluding carboxylic acids is 2. The molecule has 3 rings (SSSR count). The monoisotopic (exact) mass is 424 g/mol. The van der Waals surface area contributed by atoms with Crippen molar-refractivity contribution in [2.45, 2.75) is 25.8 Å². The van der Waals surface area contributed by atoms with Crippen molar-refractivity contribution < 1.29 is 23.6 Å². The summed E-state index contributed by atoms with van der Waals surface area (Å²) in [5.74, 6) is 1.69. The predicted octanol–water partition coefficient (Wildman–Crippen LogP) is 3.56. The first kappa shape index (κ1) is 21.8. The van der Waals surface area contributed by atoms with Crippen molar-refractivity contribution >= 4 is 17.7 Å². The van der Waals surface area contributed by atoms with Crippen molar-refractivity contribution in [3.8, 4) is 17.1 Å². The van der Waals surface area contributed by atoms with Crippen molar-refractivity contribution in [2.75, 3.05) is 19.5 Å². The summed E-state index contributed by atoms with van der Waals surface area (Å²) in [6.45, 7) is 0.402. The molecule has 0 bridgehead atoms. The molecule has 1 aromatic heterocycles. The molecule has 0 saturated heterocycles. The van der Waals surface area contributed by atoms with Crippen LogP contribution in [0.5, 0.6) is 5.75 Å². The van der Waals surface area contributed by atoms with E-state index in [1.54, 1.807) is 19.2 Å². The number of nitrogens with one attached hydrogen (secondary N) is 2. The summed E-state index contributed by atoms with van der Waals surface area (Å²) in [5.41, 5.74) is 2.38. The molecule has 0 aliphatic rings. The molecule has 162 valence electrons. The van der Waals surface area contributed by atoms with Crippen LogP contribution in [-0.2, 0) is 22.5 Å². The second kappa shape index (κ2) is 10.8. The zero-order valence-electron chi connectivity index (χ0n) is 17.4. The second-order valence-corrected chi connectivity index (χ2v) is 6.68. The maximum Gasteiger partial charge on any atom is 0.411 e. The molecule has 0 aliphatic carbocycles. The van der Waals surface area contributed by atoms with Gasteiger partial charge in [-0.1, -0.05) is 17.3 Å². The van der Waals surface area contributed by atoms with Crippen LogP contribution >= 0.6 is 0 Å². The van der Waals surface area contributed by atoms with Crippen LogP contribution in [0, 0.1) is 0 Å². The van der Waals surface area contributed by atoms with Crippen molar-refractivity contribution in [3.63, 3.8) is 0 Å². The van der Waals surface area contributed by atoms with Crippen LogP contribution in [0.2, 0.25) is 0 Å². The maximum absolute atomic E-state index is 12.1. The Bertz CT molecular complexity index is 1000. The van der Waals surface area contributed by atoms with Gasteiger partial charge >= 0.3 is 6.09 Å². The number of carbonyl (C=O) groups is 2.